The van der Waals surface area contributed by atoms with Crippen molar-refractivity contribution in [2.75, 3.05) is 6.54 Å². The lowest BCUT2D eigenvalue weighted by atomic mass is 9.96. The Hall–Kier alpha value is -1.86. The van der Waals surface area contributed by atoms with E-state index in [9.17, 15) is 20.0 Å². The lowest BCUT2D eigenvalue weighted by Gasteiger charge is -2.38. The van der Waals surface area contributed by atoms with Gasteiger partial charge in [-0.2, -0.15) is 0 Å². The van der Waals surface area contributed by atoms with E-state index in [0.717, 1.165) is 31.4 Å². The van der Waals surface area contributed by atoms with E-state index in [2.05, 4.69) is 0 Å². The molecule has 122 valence electrons. The van der Waals surface area contributed by atoms with E-state index in [-0.39, 0.29) is 36.0 Å². The maximum Gasteiger partial charge on any atom is 0.310 e. The summed E-state index contributed by atoms with van der Waals surface area (Å²) in [6.07, 6.45) is 2.79. The Balaban J connectivity index is 0.00000242. The molecule has 1 aliphatic heterocycles. The highest BCUT2D eigenvalue weighted by atomic mass is 35.5. The highest BCUT2D eigenvalue weighted by Crippen LogP contribution is 2.28. The number of halogens is 1. The molecule has 1 aliphatic rings. The van der Waals surface area contributed by atoms with Crippen LogP contribution in [0.15, 0.2) is 18.2 Å². The average molecular weight is 330 g/mol. The quantitative estimate of drug-likeness (QED) is 0.651. The molecule has 1 heterocycles. The third-order valence-electron chi connectivity index (χ3n) is 3.84. The number of nitrogens with zero attached hydrogens (tertiary/aromatic N) is 2. The van der Waals surface area contributed by atoms with Gasteiger partial charge in [0, 0.05) is 30.3 Å². The van der Waals surface area contributed by atoms with Crippen LogP contribution in [0.5, 0.6) is 5.75 Å². The minimum absolute atomic E-state index is 0. The van der Waals surface area contributed by atoms with Crippen LogP contribution in [0.25, 0.3) is 0 Å². The molecule has 0 bridgehead atoms. The van der Waals surface area contributed by atoms with Crippen molar-refractivity contribution < 1.29 is 14.8 Å². The predicted molar refractivity (Wildman–Crippen MR) is 84.3 cm³/mol. The number of benzene rings is 1. The first-order chi connectivity index (χ1) is 9.91. The molecule has 22 heavy (non-hydrogen) atoms. The van der Waals surface area contributed by atoms with Gasteiger partial charge in [0.2, 0.25) is 0 Å². The van der Waals surface area contributed by atoms with Crippen molar-refractivity contribution in [1.29, 1.82) is 0 Å². The number of carbonyl (C=O) groups excluding carboxylic acids is 1. The van der Waals surface area contributed by atoms with Crippen molar-refractivity contribution >= 4 is 24.0 Å². The van der Waals surface area contributed by atoms with Crippen LogP contribution in [0.1, 0.15) is 36.5 Å². The molecule has 0 aromatic heterocycles. The zero-order valence-electron chi connectivity index (χ0n) is 12.3. The summed E-state index contributed by atoms with van der Waals surface area (Å²) in [5.74, 6) is -0.748. The van der Waals surface area contributed by atoms with Gasteiger partial charge in [0.25, 0.3) is 5.91 Å². The van der Waals surface area contributed by atoms with Gasteiger partial charge in [-0.3, -0.25) is 14.9 Å². The predicted octanol–water partition coefficient (Wildman–Crippen LogP) is 2.06. The summed E-state index contributed by atoms with van der Waals surface area (Å²) in [5, 5.41) is 20.3. The van der Waals surface area contributed by atoms with Crippen molar-refractivity contribution in [1.82, 2.24) is 4.90 Å². The number of nitro groups is 1. The molecule has 2 rings (SSSR count). The molecule has 0 spiro atoms. The van der Waals surface area contributed by atoms with Crippen molar-refractivity contribution in [2.45, 2.75) is 38.3 Å². The molecule has 2 atom stereocenters. The second kappa shape index (κ2) is 7.42. The molecule has 2 unspecified atom stereocenters. The van der Waals surface area contributed by atoms with Gasteiger partial charge < -0.3 is 15.7 Å². The van der Waals surface area contributed by atoms with E-state index in [1.807, 2.05) is 6.92 Å². The van der Waals surface area contributed by atoms with Gasteiger partial charge >= 0.3 is 5.69 Å². The molecular formula is C14H20ClN3O4. The number of carbonyl (C=O) groups is 1. The number of likely N-dealkylation sites (tertiary alicyclic amines) is 1. The summed E-state index contributed by atoms with van der Waals surface area (Å²) >= 11 is 0. The number of hydrogen-bond donors (Lipinski definition) is 2. The summed E-state index contributed by atoms with van der Waals surface area (Å²) in [6, 6.07) is 3.48. The highest BCUT2D eigenvalue weighted by molar-refractivity contribution is 5.95. The highest BCUT2D eigenvalue weighted by Gasteiger charge is 2.30. The summed E-state index contributed by atoms with van der Waals surface area (Å²) in [5.41, 5.74) is 5.77. The topological polar surface area (TPSA) is 110 Å². The number of piperidine rings is 1. The van der Waals surface area contributed by atoms with Crippen molar-refractivity contribution in [3.8, 4) is 5.75 Å². The fraction of sp³-hybridized carbons (Fsp3) is 0.500. The first kappa shape index (κ1) is 18.2. The molecule has 7 nitrogen and oxygen atoms in total. The van der Waals surface area contributed by atoms with Gasteiger partial charge in [-0.05, 0) is 38.3 Å². The fourth-order valence-corrected chi connectivity index (χ4v) is 2.73. The summed E-state index contributed by atoms with van der Waals surface area (Å²) in [7, 11) is 0. The van der Waals surface area contributed by atoms with E-state index >= 15 is 0 Å². The standard InChI is InChI=1S/C14H19N3O4.ClH/c1-9(15)11-4-2-3-7-16(11)14(19)10-5-6-12(17(20)21)13(18)8-10;/h5-6,8-9,11,18H,2-4,7,15H2,1H3;1H. The lowest BCUT2D eigenvalue weighted by Crippen LogP contribution is -2.51. The Bertz CT molecular complexity index is 565. The molecule has 3 N–H and O–H groups in total. The fourth-order valence-electron chi connectivity index (χ4n) is 2.73. The molecule has 8 heteroatoms. The van der Waals surface area contributed by atoms with Crippen LogP contribution in [-0.2, 0) is 0 Å². The Morgan fingerprint density at radius 2 is 2.18 bits per heavy atom. The zero-order valence-corrected chi connectivity index (χ0v) is 13.1. The number of nitro benzene ring substituents is 1. The van der Waals surface area contributed by atoms with Crippen LogP contribution in [0, 0.1) is 10.1 Å². The van der Waals surface area contributed by atoms with Crippen LogP contribution in [0.4, 0.5) is 5.69 Å². The number of phenols is 1. The Morgan fingerprint density at radius 3 is 2.73 bits per heavy atom. The molecular weight excluding hydrogens is 310 g/mol. The first-order valence-corrected chi connectivity index (χ1v) is 6.95. The Labute approximate surface area is 134 Å². The number of nitrogens with two attached hydrogens (primary N) is 1. The molecule has 1 aromatic rings. The number of aromatic hydroxyl groups is 1. The van der Waals surface area contributed by atoms with Crippen molar-refractivity contribution in [3.63, 3.8) is 0 Å². The molecule has 1 saturated heterocycles. The van der Waals surface area contributed by atoms with Gasteiger partial charge in [0.15, 0.2) is 5.75 Å². The van der Waals surface area contributed by atoms with Gasteiger partial charge in [-0.15, -0.1) is 12.4 Å². The maximum atomic E-state index is 12.5. The minimum Gasteiger partial charge on any atom is -0.502 e. The average Bonchev–Trinajstić information content (AvgIpc) is 2.45. The molecule has 1 fully saturated rings. The lowest BCUT2D eigenvalue weighted by molar-refractivity contribution is -0.385. The van der Waals surface area contributed by atoms with E-state index in [1.54, 1.807) is 4.90 Å². The molecule has 1 amide bonds. The van der Waals surface area contributed by atoms with E-state index < -0.39 is 16.4 Å². The van der Waals surface area contributed by atoms with Gasteiger partial charge in [0.1, 0.15) is 0 Å². The maximum absolute atomic E-state index is 12.5. The molecule has 0 aliphatic carbocycles. The smallest absolute Gasteiger partial charge is 0.310 e. The van der Waals surface area contributed by atoms with Crippen LogP contribution < -0.4 is 5.73 Å². The second-order valence-electron chi connectivity index (χ2n) is 5.38. The monoisotopic (exact) mass is 329 g/mol. The number of phenolic OH excluding ortho intramolecular Hbond substituents is 1. The van der Waals surface area contributed by atoms with Gasteiger partial charge in [-0.25, -0.2) is 0 Å². The third kappa shape index (κ3) is 3.66. The normalized spacial score (nSPS) is 19.2. The van der Waals surface area contributed by atoms with Crippen LogP contribution in [-0.4, -0.2) is 39.5 Å². The largest absolute Gasteiger partial charge is 0.502 e. The van der Waals surface area contributed by atoms with Crippen LogP contribution in [0.3, 0.4) is 0 Å². The van der Waals surface area contributed by atoms with Crippen molar-refractivity contribution in [3.05, 3.63) is 33.9 Å². The molecule has 0 radical (unpaired) electrons. The molecule has 0 saturated carbocycles. The Kier molecular flexibility index (Phi) is 6.13. The number of rotatable bonds is 3. The molecule has 1 aromatic carbocycles. The van der Waals surface area contributed by atoms with E-state index in [0.29, 0.717) is 6.54 Å². The number of amides is 1. The van der Waals surface area contributed by atoms with Crippen LogP contribution >= 0.6 is 12.4 Å². The minimum atomic E-state index is -0.685. The second-order valence-corrected chi connectivity index (χ2v) is 5.38. The summed E-state index contributed by atoms with van der Waals surface area (Å²) in [6.45, 7) is 2.48. The van der Waals surface area contributed by atoms with Gasteiger partial charge in [0.05, 0.1) is 4.92 Å². The van der Waals surface area contributed by atoms with Crippen LogP contribution in [0.2, 0.25) is 0 Å². The number of hydrogen-bond acceptors (Lipinski definition) is 5. The summed E-state index contributed by atoms with van der Waals surface area (Å²) in [4.78, 5) is 24.2. The van der Waals surface area contributed by atoms with Gasteiger partial charge in [-0.1, -0.05) is 0 Å². The van der Waals surface area contributed by atoms with E-state index in [4.69, 9.17) is 5.73 Å². The third-order valence-corrected chi connectivity index (χ3v) is 3.84. The SMILES string of the molecule is CC(N)C1CCCCN1C(=O)c1ccc([N+](=O)[O-])c(O)c1.Cl. The Morgan fingerprint density at radius 1 is 1.50 bits per heavy atom. The van der Waals surface area contributed by atoms with E-state index in [1.165, 1.54) is 6.07 Å². The first-order valence-electron chi connectivity index (χ1n) is 6.95. The summed E-state index contributed by atoms with van der Waals surface area (Å²) < 4.78 is 0. The van der Waals surface area contributed by atoms with Crippen molar-refractivity contribution in [2.24, 2.45) is 5.73 Å². The zero-order chi connectivity index (χ0) is 15.6.